The number of aromatic nitrogens is 1. The highest BCUT2D eigenvalue weighted by Crippen LogP contribution is 2.34. The fourth-order valence-corrected chi connectivity index (χ4v) is 3.06. The molecule has 0 amide bonds. The normalized spacial score (nSPS) is 28.1. The van der Waals surface area contributed by atoms with Crippen LogP contribution >= 0.6 is 15.9 Å². The Hall–Kier alpha value is -0.610. The number of aryl methyl sites for hydroxylation is 1. The summed E-state index contributed by atoms with van der Waals surface area (Å²) in [5, 5.41) is 13.2. The van der Waals surface area contributed by atoms with Gasteiger partial charge in [-0.25, -0.2) is 4.98 Å². The molecule has 1 aliphatic rings. The Morgan fingerprint density at radius 1 is 1.56 bits per heavy atom. The van der Waals surface area contributed by atoms with Gasteiger partial charge in [0, 0.05) is 4.47 Å². The minimum atomic E-state index is -0.190. The molecule has 100 valence electrons. The third-order valence-electron chi connectivity index (χ3n) is 3.81. The Labute approximate surface area is 117 Å². The zero-order valence-electron chi connectivity index (χ0n) is 11.0. The van der Waals surface area contributed by atoms with Gasteiger partial charge in [0.05, 0.1) is 17.8 Å². The number of hydrogen-bond donors (Lipinski definition) is 2. The van der Waals surface area contributed by atoms with Gasteiger partial charge in [0.2, 0.25) is 0 Å². The van der Waals surface area contributed by atoms with Crippen molar-refractivity contribution in [3.05, 3.63) is 22.3 Å². The first kappa shape index (κ1) is 13.8. The topological polar surface area (TPSA) is 45.2 Å². The lowest BCUT2D eigenvalue weighted by Crippen LogP contribution is -2.46. The molecule has 0 bridgehead atoms. The molecule has 1 aromatic rings. The van der Waals surface area contributed by atoms with Gasteiger partial charge in [-0.15, -0.1) is 0 Å². The van der Waals surface area contributed by atoms with Gasteiger partial charge in [0.1, 0.15) is 5.82 Å². The van der Waals surface area contributed by atoms with Gasteiger partial charge in [0.15, 0.2) is 0 Å². The fraction of sp³-hybridized carbons (Fsp3) is 0.643. The van der Waals surface area contributed by atoms with E-state index in [1.807, 2.05) is 19.1 Å². The van der Waals surface area contributed by atoms with Crippen LogP contribution in [0, 0.1) is 12.8 Å². The first-order valence-electron chi connectivity index (χ1n) is 6.57. The fourth-order valence-electron chi connectivity index (χ4n) is 2.84. The van der Waals surface area contributed by atoms with Crippen molar-refractivity contribution >= 4 is 21.7 Å². The molecule has 2 unspecified atom stereocenters. The van der Waals surface area contributed by atoms with Crippen LogP contribution in [-0.4, -0.2) is 22.2 Å². The number of aliphatic hydroxyl groups excluding tert-OH is 1. The molecule has 0 radical (unpaired) electrons. The smallest absolute Gasteiger partial charge is 0.126 e. The van der Waals surface area contributed by atoms with Crippen LogP contribution in [0.3, 0.4) is 0 Å². The van der Waals surface area contributed by atoms with Crippen molar-refractivity contribution in [3.8, 4) is 0 Å². The molecule has 1 aromatic heterocycles. The van der Waals surface area contributed by atoms with Crippen LogP contribution in [0.2, 0.25) is 0 Å². The highest BCUT2D eigenvalue weighted by atomic mass is 79.9. The Balaban J connectivity index is 2.16. The summed E-state index contributed by atoms with van der Waals surface area (Å²) in [5.74, 6) is 1.52. The van der Waals surface area contributed by atoms with Gasteiger partial charge >= 0.3 is 0 Å². The molecule has 2 N–H and O–H groups in total. The number of nitrogens with one attached hydrogen (secondary N) is 1. The molecule has 0 saturated heterocycles. The Bertz CT molecular complexity index is 424. The molecule has 3 nitrogen and oxygen atoms in total. The monoisotopic (exact) mass is 312 g/mol. The van der Waals surface area contributed by atoms with Crippen molar-refractivity contribution in [1.29, 1.82) is 0 Å². The summed E-state index contributed by atoms with van der Waals surface area (Å²) in [6, 6.07) is 3.97. The molecule has 0 spiro atoms. The third-order valence-corrected chi connectivity index (χ3v) is 4.65. The number of anilines is 1. The largest absolute Gasteiger partial charge is 0.394 e. The zero-order valence-corrected chi connectivity index (χ0v) is 12.6. The Morgan fingerprint density at radius 3 is 2.94 bits per heavy atom. The van der Waals surface area contributed by atoms with Crippen molar-refractivity contribution in [1.82, 2.24) is 4.98 Å². The Kier molecular flexibility index (Phi) is 4.28. The van der Waals surface area contributed by atoms with Crippen LogP contribution < -0.4 is 5.32 Å². The van der Waals surface area contributed by atoms with Gasteiger partial charge in [-0.1, -0.05) is 19.8 Å². The summed E-state index contributed by atoms with van der Waals surface area (Å²) in [5.41, 5.74) is 0.780. The van der Waals surface area contributed by atoms with Crippen LogP contribution in [0.25, 0.3) is 0 Å². The van der Waals surface area contributed by atoms with Crippen LogP contribution in [-0.2, 0) is 0 Å². The highest BCUT2D eigenvalue weighted by molar-refractivity contribution is 9.10. The van der Waals surface area contributed by atoms with E-state index >= 15 is 0 Å². The van der Waals surface area contributed by atoms with Crippen molar-refractivity contribution in [2.75, 3.05) is 11.9 Å². The quantitative estimate of drug-likeness (QED) is 0.897. The molecule has 1 fully saturated rings. The summed E-state index contributed by atoms with van der Waals surface area (Å²) in [4.78, 5) is 4.52. The van der Waals surface area contributed by atoms with Crippen LogP contribution in [0.4, 0.5) is 5.82 Å². The number of pyridine rings is 1. The molecule has 0 aromatic carbocycles. The van der Waals surface area contributed by atoms with Crippen molar-refractivity contribution in [2.45, 2.75) is 45.1 Å². The summed E-state index contributed by atoms with van der Waals surface area (Å²) in [7, 11) is 0. The van der Waals surface area contributed by atoms with E-state index in [1.54, 1.807) is 0 Å². The highest BCUT2D eigenvalue weighted by Gasteiger charge is 2.34. The summed E-state index contributed by atoms with van der Waals surface area (Å²) in [6.07, 6.45) is 4.46. The van der Waals surface area contributed by atoms with Crippen molar-refractivity contribution in [2.24, 2.45) is 5.92 Å². The average Bonchev–Trinajstić information content (AvgIpc) is 2.34. The molecule has 4 heteroatoms. The van der Waals surface area contributed by atoms with E-state index in [9.17, 15) is 5.11 Å². The molecular weight excluding hydrogens is 292 g/mol. The van der Waals surface area contributed by atoms with E-state index in [4.69, 9.17) is 0 Å². The molecular formula is C14H21BrN2O. The predicted octanol–water partition coefficient (Wildman–Crippen LogP) is 3.51. The van der Waals surface area contributed by atoms with Gasteiger partial charge in [-0.3, -0.25) is 0 Å². The number of rotatable bonds is 3. The Morgan fingerprint density at radius 2 is 2.33 bits per heavy atom. The van der Waals surface area contributed by atoms with E-state index < -0.39 is 0 Å². The van der Waals surface area contributed by atoms with Gasteiger partial charge in [-0.05, 0) is 53.7 Å². The number of aliphatic hydroxyl groups is 1. The summed E-state index contributed by atoms with van der Waals surface area (Å²) < 4.78 is 1.02. The van der Waals surface area contributed by atoms with E-state index in [0.29, 0.717) is 5.92 Å². The van der Waals surface area contributed by atoms with Gasteiger partial charge in [-0.2, -0.15) is 0 Å². The van der Waals surface area contributed by atoms with Gasteiger partial charge < -0.3 is 10.4 Å². The number of halogens is 1. The second-order valence-electron chi connectivity index (χ2n) is 5.53. The number of hydrogen-bond acceptors (Lipinski definition) is 3. The number of nitrogens with zero attached hydrogens (tertiary/aromatic N) is 1. The van der Waals surface area contributed by atoms with Crippen LogP contribution in [0.5, 0.6) is 0 Å². The maximum atomic E-state index is 9.74. The molecule has 2 rings (SSSR count). The van der Waals surface area contributed by atoms with E-state index in [1.165, 1.54) is 12.8 Å². The molecule has 1 aliphatic carbocycles. The second-order valence-corrected chi connectivity index (χ2v) is 6.38. The zero-order chi connectivity index (χ0) is 13.2. The van der Waals surface area contributed by atoms with E-state index in [0.717, 1.165) is 28.8 Å². The minimum Gasteiger partial charge on any atom is -0.394 e. The third kappa shape index (κ3) is 3.04. The lowest BCUT2D eigenvalue weighted by atomic mass is 9.77. The maximum absolute atomic E-state index is 9.74. The minimum absolute atomic E-state index is 0.175. The van der Waals surface area contributed by atoms with Crippen LogP contribution in [0.15, 0.2) is 16.6 Å². The molecule has 2 atom stereocenters. The summed E-state index contributed by atoms with van der Waals surface area (Å²) >= 11 is 3.45. The first-order chi connectivity index (χ1) is 8.54. The SMILES string of the molecule is Cc1nc(NC2(CO)CCCC(C)C2)ccc1Br. The first-order valence-corrected chi connectivity index (χ1v) is 7.36. The van der Waals surface area contributed by atoms with Crippen molar-refractivity contribution < 1.29 is 5.11 Å². The molecule has 1 heterocycles. The van der Waals surface area contributed by atoms with Crippen molar-refractivity contribution in [3.63, 3.8) is 0 Å². The lowest BCUT2D eigenvalue weighted by Gasteiger charge is -2.39. The van der Waals surface area contributed by atoms with E-state index in [2.05, 4.69) is 33.2 Å². The lowest BCUT2D eigenvalue weighted by molar-refractivity contribution is 0.149. The van der Waals surface area contributed by atoms with Gasteiger partial charge in [0.25, 0.3) is 0 Å². The molecule has 0 aliphatic heterocycles. The second kappa shape index (κ2) is 5.57. The summed E-state index contributed by atoms with van der Waals surface area (Å²) in [6.45, 7) is 4.41. The standard InChI is InChI=1S/C14H21BrN2O/c1-10-4-3-7-14(8-10,9-18)17-13-6-5-12(15)11(2)16-13/h5-6,10,18H,3-4,7-9H2,1-2H3,(H,16,17). The molecule has 18 heavy (non-hydrogen) atoms. The average molecular weight is 313 g/mol. The maximum Gasteiger partial charge on any atom is 0.126 e. The van der Waals surface area contributed by atoms with Crippen LogP contribution in [0.1, 0.15) is 38.3 Å². The van der Waals surface area contributed by atoms with E-state index in [-0.39, 0.29) is 12.1 Å². The molecule has 1 saturated carbocycles. The predicted molar refractivity (Wildman–Crippen MR) is 77.7 cm³/mol.